The Labute approximate surface area is 398 Å². The van der Waals surface area contributed by atoms with Crippen molar-refractivity contribution in [2.24, 2.45) is 23.7 Å². The number of amides is 3. The van der Waals surface area contributed by atoms with E-state index in [9.17, 15) is 29.1 Å². The fourth-order valence-corrected chi connectivity index (χ4v) is 10.1. The zero-order valence-electron chi connectivity index (χ0n) is 40.9. The van der Waals surface area contributed by atoms with Gasteiger partial charge in [-0.2, -0.15) is 0 Å². The van der Waals surface area contributed by atoms with Crippen molar-refractivity contribution < 1.29 is 62.2 Å². The van der Waals surface area contributed by atoms with Crippen LogP contribution in [0.25, 0.3) is 17.5 Å². The third-order valence-corrected chi connectivity index (χ3v) is 13.9. The minimum atomic E-state index is -1.77. The number of hydrogen-bond acceptors (Lipinski definition) is 16. The maximum Gasteiger partial charge on any atom is 0.410 e. The number of fused-ring (bicyclic) bond motifs is 1. The number of likely N-dealkylation sites (N-methyl/N-ethyl adjacent to an activating group) is 1. The summed E-state index contributed by atoms with van der Waals surface area (Å²) in [6, 6.07) is 8.00. The molecule has 374 valence electrons. The maximum absolute atomic E-state index is 14.7. The largest absolute Gasteiger partial charge is 0.458 e. The van der Waals surface area contributed by atoms with Crippen LogP contribution in [0.5, 0.6) is 0 Å². The molecule has 0 bridgehead atoms. The van der Waals surface area contributed by atoms with Crippen molar-refractivity contribution in [3.63, 3.8) is 0 Å². The minimum absolute atomic E-state index is 0.0404. The van der Waals surface area contributed by atoms with Crippen LogP contribution in [-0.2, 0) is 42.7 Å². The number of Topliss-reactive ketones (excluding diaryl/α,β-unsaturated/α-hetero) is 1. The Morgan fingerprint density at radius 2 is 1.69 bits per heavy atom. The van der Waals surface area contributed by atoms with Crippen molar-refractivity contribution in [1.82, 2.24) is 30.4 Å². The number of cyclic esters (lactones) is 1. The number of carbonyl (C=O) groups is 5. The highest BCUT2D eigenvalue weighted by Crippen LogP contribution is 2.42. The van der Waals surface area contributed by atoms with Gasteiger partial charge < -0.3 is 58.7 Å². The number of ketones is 1. The summed E-state index contributed by atoms with van der Waals surface area (Å²) in [6.07, 6.45) is -1.45. The molecule has 3 amide bonds. The average molecular weight is 951 g/mol. The van der Waals surface area contributed by atoms with Gasteiger partial charge in [0.2, 0.25) is 0 Å². The highest BCUT2D eigenvalue weighted by atomic mass is 16.7. The van der Waals surface area contributed by atoms with Gasteiger partial charge in [-0.15, -0.1) is 0 Å². The van der Waals surface area contributed by atoms with Crippen molar-refractivity contribution in [2.75, 3.05) is 46.9 Å². The summed E-state index contributed by atoms with van der Waals surface area (Å²) < 4.78 is 43.6. The first-order valence-corrected chi connectivity index (χ1v) is 23.7. The van der Waals surface area contributed by atoms with Crippen LogP contribution in [0.3, 0.4) is 0 Å². The molecule has 0 saturated carbocycles. The van der Waals surface area contributed by atoms with Crippen molar-refractivity contribution >= 4 is 36.1 Å². The van der Waals surface area contributed by atoms with Crippen LogP contribution in [0.4, 0.5) is 14.4 Å². The molecule has 1 aromatic heterocycles. The van der Waals surface area contributed by atoms with E-state index in [2.05, 4.69) is 20.6 Å². The van der Waals surface area contributed by atoms with Crippen LogP contribution in [-0.4, -0.2) is 162 Å². The lowest BCUT2D eigenvalue weighted by atomic mass is 9.73. The molecule has 4 saturated heterocycles. The number of hydrogen-bond donors (Lipinski definition) is 3. The number of ether oxygens (including phenoxy) is 7. The highest BCUT2D eigenvalue weighted by molar-refractivity contribution is 5.85. The molecule has 4 aliphatic heterocycles. The fourth-order valence-electron chi connectivity index (χ4n) is 10.1. The fraction of sp³-hybridized carbons (Fsp3) is 0.653. The smallest absolute Gasteiger partial charge is 0.410 e. The van der Waals surface area contributed by atoms with E-state index in [1.54, 1.807) is 73.0 Å². The van der Waals surface area contributed by atoms with Crippen LogP contribution in [0.15, 0.2) is 48.8 Å². The molecule has 2 aromatic rings. The predicted octanol–water partition coefficient (Wildman–Crippen LogP) is 5.00. The number of aliphatic hydroxyl groups is 1. The molecular formula is C49H70N6O13. The Morgan fingerprint density at radius 3 is 2.34 bits per heavy atom. The third kappa shape index (κ3) is 12.0. The first kappa shape index (κ1) is 52.2. The number of benzene rings is 1. The average Bonchev–Trinajstić information content (AvgIpc) is 3.64. The van der Waals surface area contributed by atoms with Crippen LogP contribution in [0, 0.1) is 23.7 Å². The topological polar surface area (TPSA) is 227 Å². The molecule has 5 heterocycles. The van der Waals surface area contributed by atoms with Gasteiger partial charge in [0.05, 0.1) is 31.3 Å². The van der Waals surface area contributed by atoms with Gasteiger partial charge in [-0.1, -0.05) is 64.1 Å². The molecule has 19 heteroatoms. The second-order valence-corrected chi connectivity index (χ2v) is 19.2. The molecule has 14 atom stereocenters. The summed E-state index contributed by atoms with van der Waals surface area (Å²) in [5, 5.41) is 17.5. The Balaban J connectivity index is 1.39. The zero-order valence-corrected chi connectivity index (χ0v) is 40.9. The molecule has 1 aromatic carbocycles. The molecule has 0 spiro atoms. The number of aromatic nitrogens is 2. The quantitative estimate of drug-likeness (QED) is 0.211. The first-order chi connectivity index (χ1) is 32.3. The Hall–Kier alpha value is -5.21. The molecule has 4 aliphatic rings. The monoisotopic (exact) mass is 951 g/mol. The summed E-state index contributed by atoms with van der Waals surface area (Å²) in [6.45, 7) is 14.6. The van der Waals surface area contributed by atoms with E-state index in [0.29, 0.717) is 12.2 Å². The van der Waals surface area contributed by atoms with Gasteiger partial charge in [0, 0.05) is 61.4 Å². The molecule has 0 unspecified atom stereocenters. The highest BCUT2D eigenvalue weighted by Gasteiger charge is 2.58. The molecular weight excluding hydrogens is 881 g/mol. The second kappa shape index (κ2) is 22.5. The molecule has 19 nitrogen and oxygen atoms in total. The lowest BCUT2D eigenvalue weighted by Crippen LogP contribution is -2.61. The summed E-state index contributed by atoms with van der Waals surface area (Å²) in [5.74, 6) is -4.45. The zero-order chi connectivity index (χ0) is 49.5. The maximum atomic E-state index is 14.7. The number of carbonyl (C=O) groups excluding carboxylic acids is 5. The lowest BCUT2D eigenvalue weighted by Gasteiger charge is -2.48. The van der Waals surface area contributed by atoms with Crippen LogP contribution >= 0.6 is 0 Å². The van der Waals surface area contributed by atoms with Gasteiger partial charge in [-0.3, -0.25) is 9.59 Å². The molecule has 6 rings (SSSR count). The number of rotatable bonds is 10. The molecule has 4 fully saturated rings. The van der Waals surface area contributed by atoms with E-state index < -0.39 is 102 Å². The molecule has 3 N–H and O–H groups in total. The van der Waals surface area contributed by atoms with E-state index in [1.807, 2.05) is 56.3 Å². The molecule has 68 heavy (non-hydrogen) atoms. The minimum Gasteiger partial charge on any atom is -0.458 e. The lowest BCUT2D eigenvalue weighted by molar-refractivity contribution is -0.298. The molecule has 0 radical (unpaired) electrons. The third-order valence-electron chi connectivity index (χ3n) is 13.9. The van der Waals surface area contributed by atoms with Gasteiger partial charge in [0.1, 0.15) is 35.8 Å². The number of nitrogens with one attached hydrogen (secondary N) is 2. The van der Waals surface area contributed by atoms with Gasteiger partial charge in [-0.05, 0) is 72.7 Å². The SMILES string of the molecule is CC[C@H]1OC(=O)[C@H](C)[C@@H](OC(=O)N2CCOCC2)[C@H](C)[C@@H](O[C@@H]2O[C@H](C)C[C@H](N(C)C)[C@H]2O)[C@](C)(OC(=O)NC/C=C/c2ccc(-c3ncccn3)cc2)C[C@@H](C)C(=O)[C@H](C)[C@H]2NC(=O)O[C@@]21C. The van der Waals surface area contributed by atoms with E-state index >= 15 is 0 Å². The number of morpholine rings is 1. The Kier molecular flexibility index (Phi) is 17.2. The Bertz CT molecular complexity index is 2090. The van der Waals surface area contributed by atoms with Crippen LogP contribution < -0.4 is 10.6 Å². The summed E-state index contributed by atoms with van der Waals surface area (Å²) in [7, 11) is 3.67. The van der Waals surface area contributed by atoms with Crippen molar-refractivity contribution in [3.8, 4) is 11.4 Å². The van der Waals surface area contributed by atoms with Gasteiger partial charge in [0.15, 0.2) is 17.7 Å². The standard InChI is InChI=1S/C49H70N6O13/c1-11-36-49(8)40(53-46(60)68-49)30(4)37(56)28(2)27-48(7,67-45(59)52-19-12-14-33-15-17-34(18-16-33)42-50-20-13-21-51-42)41(66-44-38(57)35(54(9)10)26-29(3)63-44)31(5)39(32(6)43(58)64-36)65-47(61)55-22-24-62-25-23-55/h12-18,20-21,28-32,35-36,38-41,44,57H,11,19,22-27H2,1-10H3,(H,52,59)(H,53,60)/b14-12+/t28-,29-,30+,31+,32-,35+,36-,38-,39+,40-,41-,44+,48-,49-/m1/s1. The van der Waals surface area contributed by atoms with Crippen LogP contribution in [0.1, 0.15) is 80.2 Å². The van der Waals surface area contributed by atoms with Gasteiger partial charge in [-0.25, -0.2) is 24.4 Å². The summed E-state index contributed by atoms with van der Waals surface area (Å²) in [5.41, 5.74) is -1.54. The Morgan fingerprint density at radius 1 is 1.01 bits per heavy atom. The van der Waals surface area contributed by atoms with Gasteiger partial charge in [0.25, 0.3) is 0 Å². The predicted molar refractivity (Wildman–Crippen MR) is 248 cm³/mol. The van der Waals surface area contributed by atoms with Crippen molar-refractivity contribution in [2.45, 2.75) is 135 Å². The second-order valence-electron chi connectivity index (χ2n) is 19.2. The van der Waals surface area contributed by atoms with E-state index in [-0.39, 0.29) is 57.6 Å². The van der Waals surface area contributed by atoms with Crippen LogP contribution in [0.2, 0.25) is 0 Å². The van der Waals surface area contributed by atoms with E-state index in [0.717, 1.165) is 11.1 Å². The molecule has 0 aliphatic carbocycles. The summed E-state index contributed by atoms with van der Waals surface area (Å²) in [4.78, 5) is 82.5. The first-order valence-electron chi connectivity index (χ1n) is 23.7. The summed E-state index contributed by atoms with van der Waals surface area (Å²) >= 11 is 0. The van der Waals surface area contributed by atoms with E-state index in [4.69, 9.17) is 33.2 Å². The van der Waals surface area contributed by atoms with Gasteiger partial charge >= 0.3 is 24.2 Å². The number of alkyl carbamates (subject to hydrolysis) is 2. The number of nitrogens with zero attached hydrogens (tertiary/aromatic N) is 4. The van der Waals surface area contributed by atoms with Crippen molar-refractivity contribution in [1.29, 1.82) is 0 Å². The number of aliphatic hydroxyl groups excluding tert-OH is 1. The number of esters is 1. The normalized spacial score (nSPS) is 35.1. The van der Waals surface area contributed by atoms with Crippen molar-refractivity contribution in [3.05, 3.63) is 54.4 Å². The van der Waals surface area contributed by atoms with E-state index in [1.165, 1.54) is 4.90 Å².